The van der Waals surface area contributed by atoms with Gasteiger partial charge in [0.25, 0.3) is 0 Å². The first kappa shape index (κ1) is 20.3. The molecule has 0 atom stereocenters. The number of ether oxygens (including phenoxy) is 1. The molecule has 0 aliphatic carbocycles. The molecule has 2 aromatic rings. The molecule has 2 fully saturated rings. The van der Waals surface area contributed by atoms with Gasteiger partial charge >= 0.3 is 0 Å². The number of benzene rings is 2. The minimum absolute atomic E-state index is 0.249. The van der Waals surface area contributed by atoms with Crippen molar-refractivity contribution in [2.24, 2.45) is 0 Å². The Balaban J connectivity index is 1.46. The summed E-state index contributed by atoms with van der Waals surface area (Å²) in [6.45, 7) is 2.84. The van der Waals surface area contributed by atoms with Gasteiger partial charge in [0.1, 0.15) is 0 Å². The highest BCUT2D eigenvalue weighted by atomic mass is 32.2. The van der Waals surface area contributed by atoms with Gasteiger partial charge in [-0.05, 0) is 55.5 Å². The van der Waals surface area contributed by atoms with Gasteiger partial charge in [-0.3, -0.25) is 4.90 Å². The van der Waals surface area contributed by atoms with E-state index < -0.39 is 10.0 Å². The average molecular weight is 419 g/mol. The summed E-state index contributed by atoms with van der Waals surface area (Å²) in [4.78, 5) is 2.65. The predicted octanol–water partition coefficient (Wildman–Crippen LogP) is 3.65. The molecule has 0 unspecified atom stereocenters. The van der Waals surface area contributed by atoms with Crippen molar-refractivity contribution < 1.29 is 17.5 Å². The number of sulfonamides is 1. The zero-order chi connectivity index (χ0) is 20.5. The van der Waals surface area contributed by atoms with Crippen LogP contribution in [0.3, 0.4) is 0 Å². The third kappa shape index (κ3) is 3.91. The number of hydrogen-bond donors (Lipinski definition) is 0. The van der Waals surface area contributed by atoms with Gasteiger partial charge in [0, 0.05) is 31.7 Å². The number of piperidine rings is 1. The van der Waals surface area contributed by atoms with Gasteiger partial charge < -0.3 is 4.74 Å². The summed E-state index contributed by atoms with van der Waals surface area (Å²) < 4.78 is 47.2. The Labute approximate surface area is 172 Å². The average Bonchev–Trinajstić information content (AvgIpc) is 3.15. The molecule has 0 bridgehead atoms. The van der Waals surface area contributed by atoms with Crippen molar-refractivity contribution >= 4 is 10.0 Å². The van der Waals surface area contributed by atoms with Gasteiger partial charge in [-0.25, -0.2) is 12.8 Å². The Morgan fingerprint density at radius 3 is 2.41 bits per heavy atom. The van der Waals surface area contributed by atoms with Crippen LogP contribution in [-0.2, 0) is 16.6 Å². The van der Waals surface area contributed by atoms with Crippen LogP contribution in [0.15, 0.2) is 53.4 Å². The normalized spacial score (nSPS) is 20.2. The molecule has 2 aromatic carbocycles. The third-order valence-corrected chi connectivity index (χ3v) is 8.29. The van der Waals surface area contributed by atoms with Crippen molar-refractivity contribution in [2.45, 2.75) is 42.7 Å². The molecule has 5 nitrogen and oxygen atoms in total. The molecule has 4 rings (SSSR count). The third-order valence-electron chi connectivity index (χ3n) is 6.27. The molecule has 2 heterocycles. The quantitative estimate of drug-likeness (QED) is 0.744. The van der Waals surface area contributed by atoms with Gasteiger partial charge in [-0.2, -0.15) is 4.31 Å². The first-order valence-corrected chi connectivity index (χ1v) is 11.5. The van der Waals surface area contributed by atoms with Crippen LogP contribution in [0.1, 0.15) is 31.2 Å². The fourth-order valence-electron chi connectivity index (χ4n) is 4.70. The maximum absolute atomic E-state index is 14.0. The highest BCUT2D eigenvalue weighted by Gasteiger charge is 2.48. The summed E-state index contributed by atoms with van der Waals surface area (Å²) in [5.74, 6) is -0.103. The number of methoxy groups -OCH3 is 1. The lowest BCUT2D eigenvalue weighted by atomic mass is 9.86. The summed E-state index contributed by atoms with van der Waals surface area (Å²) in [5.41, 5.74) is 0.607. The van der Waals surface area contributed by atoms with Crippen molar-refractivity contribution in [1.82, 2.24) is 9.21 Å². The fraction of sp³-hybridized carbons (Fsp3) is 0.455. The van der Waals surface area contributed by atoms with Gasteiger partial charge in [-0.15, -0.1) is 0 Å². The van der Waals surface area contributed by atoms with Crippen LogP contribution in [-0.4, -0.2) is 49.9 Å². The van der Waals surface area contributed by atoms with E-state index in [9.17, 15) is 12.8 Å². The summed E-state index contributed by atoms with van der Waals surface area (Å²) in [6.07, 6.45) is 3.41. The van der Waals surface area contributed by atoms with E-state index in [-0.39, 0.29) is 17.1 Å². The summed E-state index contributed by atoms with van der Waals surface area (Å²) >= 11 is 0. The molecule has 2 saturated heterocycles. The maximum Gasteiger partial charge on any atom is 0.243 e. The van der Waals surface area contributed by atoms with E-state index in [4.69, 9.17) is 4.74 Å². The number of rotatable bonds is 5. The minimum Gasteiger partial charge on any atom is -0.494 e. The summed E-state index contributed by atoms with van der Waals surface area (Å²) in [6, 6.07) is 13.8. The molecule has 0 saturated carbocycles. The molecule has 2 aliphatic heterocycles. The zero-order valence-corrected chi connectivity index (χ0v) is 17.5. The van der Waals surface area contributed by atoms with Gasteiger partial charge in [0.15, 0.2) is 11.6 Å². The van der Waals surface area contributed by atoms with Crippen molar-refractivity contribution in [1.29, 1.82) is 0 Å². The predicted molar refractivity (Wildman–Crippen MR) is 110 cm³/mol. The minimum atomic E-state index is -3.49. The molecule has 156 valence electrons. The fourth-order valence-corrected chi connectivity index (χ4v) is 6.61. The molecule has 29 heavy (non-hydrogen) atoms. The SMILES string of the molecule is COc1ccc(CN2CCC3(CCCN3S(=O)(=O)c3ccccc3)CC2)cc1F. The van der Waals surface area contributed by atoms with Crippen LogP contribution in [0, 0.1) is 5.82 Å². The Kier molecular flexibility index (Phi) is 5.64. The highest BCUT2D eigenvalue weighted by Crippen LogP contribution is 2.42. The molecule has 7 heteroatoms. The van der Waals surface area contributed by atoms with E-state index in [0.29, 0.717) is 18.0 Å². The van der Waals surface area contributed by atoms with Crippen molar-refractivity contribution in [3.05, 3.63) is 59.9 Å². The Morgan fingerprint density at radius 1 is 1.03 bits per heavy atom. The van der Waals surface area contributed by atoms with Crippen LogP contribution >= 0.6 is 0 Å². The molecule has 0 aromatic heterocycles. The first-order chi connectivity index (χ1) is 13.9. The van der Waals surface area contributed by atoms with Crippen LogP contribution in [0.25, 0.3) is 0 Å². The van der Waals surface area contributed by atoms with Crippen molar-refractivity contribution in [3.63, 3.8) is 0 Å². The van der Waals surface area contributed by atoms with Gasteiger partial charge in [0.05, 0.1) is 12.0 Å². The highest BCUT2D eigenvalue weighted by molar-refractivity contribution is 7.89. The second kappa shape index (κ2) is 8.05. The summed E-state index contributed by atoms with van der Waals surface area (Å²) in [5, 5.41) is 0. The molecular weight excluding hydrogens is 391 g/mol. The maximum atomic E-state index is 14.0. The second-order valence-corrected chi connectivity index (χ2v) is 9.83. The standard InChI is InChI=1S/C22H27FN2O3S/c1-28-21-9-8-18(16-20(21)23)17-24-14-11-22(12-15-24)10-5-13-25(22)29(26,27)19-6-3-2-4-7-19/h2-4,6-9,16H,5,10-15,17H2,1H3. The molecule has 0 radical (unpaired) electrons. The topological polar surface area (TPSA) is 49.9 Å². The second-order valence-electron chi connectivity index (χ2n) is 7.96. The van der Waals surface area contributed by atoms with Crippen molar-refractivity contribution in [3.8, 4) is 5.75 Å². The van der Waals surface area contributed by atoms with E-state index in [1.807, 2.05) is 12.1 Å². The molecule has 2 aliphatic rings. The molecular formula is C22H27FN2O3S. The van der Waals surface area contributed by atoms with Crippen LogP contribution in [0.4, 0.5) is 4.39 Å². The number of halogens is 1. The lowest BCUT2D eigenvalue weighted by molar-refractivity contribution is 0.0980. The first-order valence-electron chi connectivity index (χ1n) is 10.1. The van der Waals surface area contributed by atoms with Crippen molar-refractivity contribution in [2.75, 3.05) is 26.7 Å². The monoisotopic (exact) mass is 418 g/mol. The number of nitrogens with zero attached hydrogens (tertiary/aromatic N) is 2. The smallest absolute Gasteiger partial charge is 0.243 e. The Morgan fingerprint density at radius 2 is 1.76 bits per heavy atom. The Hall–Kier alpha value is -1.96. The summed E-state index contributed by atoms with van der Waals surface area (Å²) in [7, 11) is -2.03. The number of hydrogen-bond acceptors (Lipinski definition) is 4. The van der Waals surface area contributed by atoms with E-state index >= 15 is 0 Å². The van der Waals surface area contributed by atoms with E-state index in [1.165, 1.54) is 13.2 Å². The Bertz CT molecular complexity index is 957. The lowest BCUT2D eigenvalue weighted by Gasteiger charge is -2.44. The van der Waals surface area contributed by atoms with E-state index in [1.54, 1.807) is 34.6 Å². The van der Waals surface area contributed by atoms with E-state index in [0.717, 1.165) is 44.3 Å². The van der Waals surface area contributed by atoms with Crippen LogP contribution in [0.2, 0.25) is 0 Å². The van der Waals surface area contributed by atoms with Crippen LogP contribution in [0.5, 0.6) is 5.75 Å². The van der Waals surface area contributed by atoms with Gasteiger partial charge in [-0.1, -0.05) is 24.3 Å². The molecule has 0 amide bonds. The molecule has 0 N–H and O–H groups in total. The van der Waals surface area contributed by atoms with Crippen LogP contribution < -0.4 is 4.74 Å². The van der Waals surface area contributed by atoms with E-state index in [2.05, 4.69) is 4.90 Å². The number of likely N-dealkylation sites (tertiary alicyclic amines) is 1. The van der Waals surface area contributed by atoms with Gasteiger partial charge in [0.2, 0.25) is 10.0 Å². The zero-order valence-electron chi connectivity index (χ0n) is 16.7. The lowest BCUT2D eigenvalue weighted by Crippen LogP contribution is -2.53. The molecule has 1 spiro atoms. The largest absolute Gasteiger partial charge is 0.494 e.